The summed E-state index contributed by atoms with van der Waals surface area (Å²) >= 11 is 0. The van der Waals surface area contributed by atoms with E-state index in [1.807, 2.05) is 18.4 Å². The number of halogens is 3. The lowest BCUT2D eigenvalue weighted by Gasteiger charge is -2.13. The van der Waals surface area contributed by atoms with Crippen LogP contribution >= 0.6 is 0 Å². The molecule has 19 heavy (non-hydrogen) atoms. The second kappa shape index (κ2) is 4.72. The molecule has 0 radical (unpaired) electrons. The monoisotopic (exact) mass is 268 g/mol. The normalized spacial score (nSPS) is 11.9. The van der Waals surface area contributed by atoms with Crippen molar-refractivity contribution in [1.29, 1.82) is 0 Å². The molecule has 5 heteroatoms. The molecule has 102 valence electrons. The van der Waals surface area contributed by atoms with E-state index in [1.54, 1.807) is 13.1 Å². The van der Waals surface area contributed by atoms with Crippen molar-refractivity contribution in [3.8, 4) is 11.3 Å². The molecule has 0 saturated heterocycles. The summed E-state index contributed by atoms with van der Waals surface area (Å²) in [6.45, 7) is 6.29. The first-order chi connectivity index (χ1) is 8.84. The summed E-state index contributed by atoms with van der Waals surface area (Å²) in [5.41, 5.74) is 1.62. The largest absolute Gasteiger partial charge is 0.416 e. The Hall–Kier alpha value is -1.78. The second-order valence-electron chi connectivity index (χ2n) is 4.46. The maximum Gasteiger partial charge on any atom is 0.416 e. The molecule has 1 heterocycles. The molecular weight excluding hydrogens is 253 g/mol. The standard InChI is InChI=1S/C14H15F3N2/c1-4-19-10(3)18-8-13(19)12-6-5-11(7-9(12)2)14(15,16)17/h5-8H,4H2,1-3H3. The molecule has 0 aliphatic rings. The molecule has 0 amide bonds. The van der Waals surface area contributed by atoms with Crippen molar-refractivity contribution in [3.05, 3.63) is 41.3 Å². The van der Waals surface area contributed by atoms with E-state index < -0.39 is 11.7 Å². The Bertz CT molecular complexity index is 597. The highest BCUT2D eigenvalue weighted by Gasteiger charge is 2.30. The van der Waals surface area contributed by atoms with Crippen LogP contribution in [-0.4, -0.2) is 9.55 Å². The van der Waals surface area contributed by atoms with Crippen LogP contribution in [0.1, 0.15) is 23.9 Å². The highest BCUT2D eigenvalue weighted by atomic mass is 19.4. The first-order valence-electron chi connectivity index (χ1n) is 6.05. The predicted octanol–water partition coefficient (Wildman–Crippen LogP) is 4.21. The number of benzene rings is 1. The van der Waals surface area contributed by atoms with Crippen LogP contribution in [0, 0.1) is 13.8 Å². The first kappa shape index (κ1) is 13.6. The molecule has 0 aliphatic heterocycles. The molecule has 0 atom stereocenters. The molecule has 0 bridgehead atoms. The fraction of sp³-hybridized carbons (Fsp3) is 0.357. The van der Waals surface area contributed by atoms with E-state index in [4.69, 9.17) is 0 Å². The molecule has 0 unspecified atom stereocenters. The van der Waals surface area contributed by atoms with Crippen LogP contribution in [-0.2, 0) is 12.7 Å². The number of aryl methyl sites for hydroxylation is 2. The van der Waals surface area contributed by atoms with E-state index in [1.165, 1.54) is 12.1 Å². The Balaban J connectivity index is 2.52. The van der Waals surface area contributed by atoms with Gasteiger partial charge in [-0.2, -0.15) is 13.2 Å². The van der Waals surface area contributed by atoms with E-state index in [0.29, 0.717) is 5.56 Å². The summed E-state index contributed by atoms with van der Waals surface area (Å²) in [7, 11) is 0. The predicted molar refractivity (Wildman–Crippen MR) is 67.8 cm³/mol. The highest BCUT2D eigenvalue weighted by Crippen LogP contribution is 2.33. The van der Waals surface area contributed by atoms with E-state index in [-0.39, 0.29) is 0 Å². The quantitative estimate of drug-likeness (QED) is 0.798. The van der Waals surface area contributed by atoms with Crippen LogP contribution in [0.25, 0.3) is 11.3 Å². The van der Waals surface area contributed by atoms with Gasteiger partial charge in [-0.3, -0.25) is 0 Å². The van der Waals surface area contributed by atoms with Gasteiger partial charge in [-0.25, -0.2) is 4.98 Å². The van der Waals surface area contributed by atoms with Crippen LogP contribution in [0.3, 0.4) is 0 Å². The zero-order chi connectivity index (χ0) is 14.2. The SMILES string of the molecule is CCn1c(-c2ccc(C(F)(F)F)cc2C)cnc1C. The zero-order valence-corrected chi connectivity index (χ0v) is 11.0. The minimum atomic E-state index is -4.30. The third-order valence-corrected chi connectivity index (χ3v) is 3.20. The van der Waals surface area contributed by atoms with Crippen molar-refractivity contribution < 1.29 is 13.2 Å². The molecule has 0 N–H and O–H groups in total. The van der Waals surface area contributed by atoms with Crippen molar-refractivity contribution in [2.24, 2.45) is 0 Å². The van der Waals surface area contributed by atoms with Crippen LogP contribution in [0.5, 0.6) is 0 Å². The van der Waals surface area contributed by atoms with Gasteiger partial charge in [-0.15, -0.1) is 0 Å². The smallest absolute Gasteiger partial charge is 0.329 e. The summed E-state index contributed by atoms with van der Waals surface area (Å²) in [5.74, 6) is 0.858. The molecule has 2 rings (SSSR count). The van der Waals surface area contributed by atoms with E-state index in [2.05, 4.69) is 4.98 Å². The third kappa shape index (κ3) is 2.50. The highest BCUT2D eigenvalue weighted by molar-refractivity contribution is 5.64. The van der Waals surface area contributed by atoms with Gasteiger partial charge in [0, 0.05) is 12.1 Å². The molecule has 0 saturated carbocycles. The Morgan fingerprint density at radius 3 is 2.42 bits per heavy atom. The Labute approximate surface area is 109 Å². The number of hydrogen-bond acceptors (Lipinski definition) is 1. The Morgan fingerprint density at radius 2 is 1.89 bits per heavy atom. The van der Waals surface area contributed by atoms with Gasteiger partial charge in [0.1, 0.15) is 5.82 Å². The molecule has 1 aromatic heterocycles. The summed E-state index contributed by atoms with van der Waals surface area (Å²) in [6, 6.07) is 3.81. The lowest BCUT2D eigenvalue weighted by molar-refractivity contribution is -0.137. The number of aromatic nitrogens is 2. The van der Waals surface area contributed by atoms with E-state index >= 15 is 0 Å². The van der Waals surface area contributed by atoms with Gasteiger partial charge in [0.25, 0.3) is 0 Å². The van der Waals surface area contributed by atoms with Gasteiger partial charge in [0.15, 0.2) is 0 Å². The number of hydrogen-bond donors (Lipinski definition) is 0. The molecule has 0 spiro atoms. The van der Waals surface area contributed by atoms with E-state index in [0.717, 1.165) is 29.7 Å². The minimum Gasteiger partial charge on any atom is -0.329 e. The Morgan fingerprint density at radius 1 is 1.21 bits per heavy atom. The van der Waals surface area contributed by atoms with Crippen LogP contribution < -0.4 is 0 Å². The number of rotatable bonds is 2. The number of imidazole rings is 1. The maximum atomic E-state index is 12.6. The van der Waals surface area contributed by atoms with Gasteiger partial charge in [0.05, 0.1) is 17.5 Å². The fourth-order valence-electron chi connectivity index (χ4n) is 2.21. The van der Waals surface area contributed by atoms with Crippen LogP contribution in [0.4, 0.5) is 13.2 Å². The molecule has 0 aliphatic carbocycles. The molecule has 1 aromatic carbocycles. The molecular formula is C14H15F3N2. The lowest BCUT2D eigenvalue weighted by atomic mass is 10.0. The van der Waals surface area contributed by atoms with Crippen molar-refractivity contribution in [1.82, 2.24) is 9.55 Å². The van der Waals surface area contributed by atoms with Gasteiger partial charge in [-0.1, -0.05) is 6.07 Å². The van der Waals surface area contributed by atoms with Crippen LogP contribution in [0.15, 0.2) is 24.4 Å². The van der Waals surface area contributed by atoms with Crippen molar-refractivity contribution in [2.45, 2.75) is 33.5 Å². The third-order valence-electron chi connectivity index (χ3n) is 3.20. The van der Waals surface area contributed by atoms with Crippen molar-refractivity contribution >= 4 is 0 Å². The van der Waals surface area contributed by atoms with E-state index in [9.17, 15) is 13.2 Å². The second-order valence-corrected chi connectivity index (χ2v) is 4.46. The Kier molecular flexibility index (Phi) is 3.39. The average molecular weight is 268 g/mol. The van der Waals surface area contributed by atoms with Gasteiger partial charge in [0.2, 0.25) is 0 Å². The maximum absolute atomic E-state index is 12.6. The number of nitrogens with zero attached hydrogens (tertiary/aromatic N) is 2. The molecule has 2 nitrogen and oxygen atoms in total. The minimum absolute atomic E-state index is 0.601. The summed E-state index contributed by atoms with van der Waals surface area (Å²) in [5, 5.41) is 0. The van der Waals surface area contributed by atoms with Gasteiger partial charge >= 0.3 is 6.18 Å². The van der Waals surface area contributed by atoms with Gasteiger partial charge < -0.3 is 4.57 Å². The number of alkyl halides is 3. The zero-order valence-electron chi connectivity index (χ0n) is 11.0. The fourth-order valence-corrected chi connectivity index (χ4v) is 2.21. The topological polar surface area (TPSA) is 17.8 Å². The van der Waals surface area contributed by atoms with Gasteiger partial charge in [-0.05, 0) is 38.5 Å². The average Bonchev–Trinajstić information content (AvgIpc) is 2.69. The molecule has 0 fully saturated rings. The first-order valence-corrected chi connectivity index (χ1v) is 6.05. The summed E-state index contributed by atoms with van der Waals surface area (Å²) in [4.78, 5) is 4.22. The molecule has 2 aromatic rings. The lowest BCUT2D eigenvalue weighted by Crippen LogP contribution is -2.06. The van der Waals surface area contributed by atoms with Crippen molar-refractivity contribution in [2.75, 3.05) is 0 Å². The van der Waals surface area contributed by atoms with Crippen molar-refractivity contribution in [3.63, 3.8) is 0 Å². The summed E-state index contributed by atoms with van der Waals surface area (Å²) < 4.78 is 39.9. The summed E-state index contributed by atoms with van der Waals surface area (Å²) in [6.07, 6.45) is -2.60. The van der Waals surface area contributed by atoms with Crippen LogP contribution in [0.2, 0.25) is 0 Å².